The molecule has 12 bridgehead atoms. The van der Waals surface area contributed by atoms with E-state index in [2.05, 4.69) is 0 Å². The van der Waals surface area contributed by atoms with Crippen LogP contribution in [0.5, 0.6) is 0 Å². The normalized spacial score (nSPS) is 14.3. The highest BCUT2D eigenvalue weighted by molar-refractivity contribution is 6.15. The van der Waals surface area contributed by atoms with Crippen LogP contribution in [0.3, 0.4) is 0 Å². The molecule has 0 N–H and O–H groups in total. The van der Waals surface area contributed by atoms with E-state index in [9.17, 15) is 28.8 Å². The third-order valence-electron chi connectivity index (χ3n) is 13.5. The number of benzene rings is 7. The second kappa shape index (κ2) is 20.4. The smallest absolute Gasteiger partial charge is 0.258 e. The quantitative estimate of drug-likeness (QED) is 0.149. The summed E-state index contributed by atoms with van der Waals surface area (Å²) in [6, 6.07) is 47.0. The maximum absolute atomic E-state index is 14.8. The van der Waals surface area contributed by atoms with E-state index in [1.807, 2.05) is 114 Å². The molecule has 0 saturated carbocycles. The number of nitrogens with zero attached hydrogens (tertiary/aromatic N) is 6. The molecular formula is C60H56N6O6. The highest BCUT2D eigenvalue weighted by Crippen LogP contribution is 2.35. The first-order chi connectivity index (χ1) is 34.9. The summed E-state index contributed by atoms with van der Waals surface area (Å²) >= 11 is 0. The van der Waals surface area contributed by atoms with Crippen LogP contribution in [0, 0.1) is 0 Å². The first kappa shape index (κ1) is 48.4. The van der Waals surface area contributed by atoms with E-state index in [4.69, 9.17) is 0 Å². The lowest BCUT2D eigenvalue weighted by atomic mass is 9.96. The zero-order valence-corrected chi connectivity index (χ0v) is 41.4. The Morgan fingerprint density at radius 2 is 0.431 bits per heavy atom. The third-order valence-corrected chi connectivity index (χ3v) is 13.5. The topological polar surface area (TPSA) is 122 Å². The van der Waals surface area contributed by atoms with E-state index in [1.54, 1.807) is 114 Å². The van der Waals surface area contributed by atoms with Gasteiger partial charge in [0, 0.05) is 107 Å². The van der Waals surface area contributed by atoms with Crippen LogP contribution >= 0.6 is 0 Å². The summed E-state index contributed by atoms with van der Waals surface area (Å²) in [5.41, 5.74) is 8.61. The molecule has 0 atom stereocenters. The first-order valence-corrected chi connectivity index (χ1v) is 24.6. The number of anilines is 6. The molecule has 362 valence electrons. The minimum absolute atomic E-state index is 0.247. The lowest BCUT2D eigenvalue weighted by Crippen LogP contribution is -2.32. The van der Waals surface area contributed by atoms with Crippen LogP contribution in [0.1, 0.15) is 104 Å². The van der Waals surface area contributed by atoms with E-state index in [1.165, 1.54) is 0 Å². The van der Waals surface area contributed by atoms with E-state index in [0.29, 0.717) is 118 Å². The molecule has 12 heteroatoms. The zero-order chi connectivity index (χ0) is 50.8. The van der Waals surface area contributed by atoms with Crippen LogP contribution < -0.4 is 29.4 Å². The van der Waals surface area contributed by atoms with Gasteiger partial charge in [0.05, 0.1) is 0 Å². The predicted molar refractivity (Wildman–Crippen MR) is 287 cm³/mol. The predicted octanol–water partition coefficient (Wildman–Crippen LogP) is 11.6. The standard InChI is InChI=1S/C60H56N6O6/c1-7-61-49-21-15-19-43(33-49)57(69)65(11-5)53-35-45(29-47(37-53)59(71)63(9-3)51-23-13-17-41(31-51)55(61)67)39-25-27-40(28-26-39)46-30-48-38-54(36-46)66(12-6)58(70)44-20-16-22-50(34-44)62(8-2)56(68)42-18-14-24-52(32-42)64(10-4)60(48)72/h13-38H,7-12H2,1-6H3. The molecule has 7 aromatic rings. The Morgan fingerprint density at radius 1 is 0.222 bits per heavy atom. The largest absolute Gasteiger partial charge is 0.309 e. The van der Waals surface area contributed by atoms with Crippen molar-refractivity contribution in [3.63, 3.8) is 0 Å². The fourth-order valence-corrected chi connectivity index (χ4v) is 9.79. The Labute approximate surface area is 420 Å². The lowest BCUT2D eigenvalue weighted by molar-refractivity contribution is 0.0977. The van der Waals surface area contributed by atoms with Gasteiger partial charge < -0.3 is 29.4 Å². The number of carbonyl (C=O) groups is 6. The van der Waals surface area contributed by atoms with Gasteiger partial charge in [0.2, 0.25) is 0 Å². The Balaban J connectivity index is 1.16. The van der Waals surface area contributed by atoms with Gasteiger partial charge in [-0.3, -0.25) is 28.8 Å². The van der Waals surface area contributed by atoms with Crippen molar-refractivity contribution in [2.24, 2.45) is 0 Å². The second-order valence-corrected chi connectivity index (χ2v) is 17.6. The Bertz CT molecular complexity index is 3080. The van der Waals surface area contributed by atoms with Crippen LogP contribution in [0.15, 0.2) is 158 Å². The Morgan fingerprint density at radius 3 is 0.681 bits per heavy atom. The molecule has 7 aromatic carbocycles. The van der Waals surface area contributed by atoms with Gasteiger partial charge in [0.15, 0.2) is 0 Å². The second-order valence-electron chi connectivity index (χ2n) is 17.6. The Kier molecular flexibility index (Phi) is 13.7. The number of rotatable bonds is 8. The summed E-state index contributed by atoms with van der Waals surface area (Å²) in [6.07, 6.45) is 0. The number of fused-ring (bicyclic) bond motifs is 12. The molecule has 0 saturated heterocycles. The van der Waals surface area contributed by atoms with Crippen molar-refractivity contribution in [1.82, 2.24) is 0 Å². The van der Waals surface area contributed by atoms with Gasteiger partial charge in [-0.1, -0.05) is 48.5 Å². The van der Waals surface area contributed by atoms with Gasteiger partial charge in [-0.05, 0) is 173 Å². The molecule has 0 radical (unpaired) electrons. The molecule has 72 heavy (non-hydrogen) atoms. The van der Waals surface area contributed by atoms with E-state index < -0.39 is 0 Å². The molecule has 2 heterocycles. The van der Waals surface area contributed by atoms with Crippen LogP contribution in [-0.4, -0.2) is 74.7 Å². The van der Waals surface area contributed by atoms with Gasteiger partial charge in [0.25, 0.3) is 35.4 Å². The monoisotopic (exact) mass is 956 g/mol. The lowest BCUT2D eigenvalue weighted by Gasteiger charge is -2.25. The van der Waals surface area contributed by atoms with Gasteiger partial charge in [-0.25, -0.2) is 0 Å². The fourth-order valence-electron chi connectivity index (χ4n) is 9.79. The molecule has 2 aliphatic heterocycles. The van der Waals surface area contributed by atoms with Crippen LogP contribution in [-0.2, 0) is 0 Å². The fraction of sp³-hybridized carbons (Fsp3) is 0.200. The third kappa shape index (κ3) is 9.03. The molecule has 0 spiro atoms. The van der Waals surface area contributed by atoms with Crippen molar-refractivity contribution in [1.29, 1.82) is 0 Å². The van der Waals surface area contributed by atoms with Crippen molar-refractivity contribution in [2.45, 2.75) is 41.5 Å². The molecule has 12 nitrogen and oxygen atoms in total. The maximum Gasteiger partial charge on any atom is 0.258 e. The van der Waals surface area contributed by atoms with Crippen LogP contribution in [0.2, 0.25) is 0 Å². The average molecular weight is 957 g/mol. The number of hydrogen-bond acceptors (Lipinski definition) is 6. The molecule has 0 fully saturated rings. The van der Waals surface area contributed by atoms with Crippen molar-refractivity contribution < 1.29 is 28.8 Å². The summed E-state index contributed by atoms with van der Waals surface area (Å²) in [4.78, 5) is 96.5. The molecule has 0 unspecified atom stereocenters. The van der Waals surface area contributed by atoms with E-state index >= 15 is 0 Å². The Hall–Kier alpha value is -8.64. The molecule has 0 aromatic heterocycles. The molecule has 0 aliphatic carbocycles. The van der Waals surface area contributed by atoms with E-state index in [0.717, 1.165) is 11.1 Å². The summed E-state index contributed by atoms with van der Waals surface area (Å²) in [5.74, 6) is -1.66. The number of hydrogen-bond donors (Lipinski definition) is 0. The van der Waals surface area contributed by atoms with Crippen molar-refractivity contribution >= 4 is 69.6 Å². The number of amides is 6. The zero-order valence-electron chi connectivity index (χ0n) is 41.4. The summed E-state index contributed by atoms with van der Waals surface area (Å²) in [7, 11) is 0. The average Bonchev–Trinajstić information content (AvgIpc) is 3.41. The molecule has 6 amide bonds. The molecule has 2 aliphatic rings. The highest BCUT2D eigenvalue weighted by atomic mass is 16.2. The highest BCUT2D eigenvalue weighted by Gasteiger charge is 2.28. The SMILES string of the molecule is CCN1C(=O)c2cccc(c2)N(CC)C(=O)c2cc(-c3ccc(-c4cc5cc(c4)N(CC)C(=O)c4cccc(c4)N(CC)C(=O)c4cccc(c4)N(CC)C5=O)cc3)cc(c2)N(CC)C(=O)c2cccc1c2. The van der Waals surface area contributed by atoms with Crippen LogP contribution in [0.4, 0.5) is 34.1 Å². The minimum Gasteiger partial charge on any atom is -0.309 e. The van der Waals surface area contributed by atoms with Gasteiger partial charge in [-0.15, -0.1) is 0 Å². The van der Waals surface area contributed by atoms with Crippen molar-refractivity contribution in [3.8, 4) is 22.3 Å². The summed E-state index contributed by atoms with van der Waals surface area (Å²) in [5, 5.41) is 0. The first-order valence-electron chi connectivity index (χ1n) is 24.6. The van der Waals surface area contributed by atoms with Gasteiger partial charge in [0.1, 0.15) is 0 Å². The number of carbonyl (C=O) groups excluding carboxylic acids is 6. The van der Waals surface area contributed by atoms with Gasteiger partial charge >= 0.3 is 0 Å². The van der Waals surface area contributed by atoms with Crippen molar-refractivity contribution in [2.75, 3.05) is 68.7 Å². The molecule has 9 rings (SSSR count). The summed E-state index contributed by atoms with van der Waals surface area (Å²) < 4.78 is 0. The maximum atomic E-state index is 14.8. The van der Waals surface area contributed by atoms with Crippen molar-refractivity contribution in [3.05, 3.63) is 191 Å². The minimum atomic E-state index is -0.299. The van der Waals surface area contributed by atoms with Gasteiger partial charge in [-0.2, -0.15) is 0 Å². The molecular weight excluding hydrogens is 901 g/mol. The van der Waals surface area contributed by atoms with E-state index in [-0.39, 0.29) is 35.4 Å². The van der Waals surface area contributed by atoms with Crippen LogP contribution in [0.25, 0.3) is 22.3 Å². The summed E-state index contributed by atoms with van der Waals surface area (Å²) in [6.45, 7) is 13.3.